The number of fused-ring (bicyclic) bond motifs is 1. The van der Waals surface area contributed by atoms with Crippen molar-refractivity contribution in [3.63, 3.8) is 0 Å². The first-order valence-electron chi connectivity index (χ1n) is 10.5. The van der Waals surface area contributed by atoms with Gasteiger partial charge in [0, 0.05) is 29.7 Å². The highest BCUT2D eigenvalue weighted by Crippen LogP contribution is 2.35. The van der Waals surface area contributed by atoms with E-state index in [4.69, 9.17) is 9.47 Å². The zero-order valence-electron chi connectivity index (χ0n) is 18.0. The summed E-state index contributed by atoms with van der Waals surface area (Å²) in [5.74, 6) is 1.04. The molecule has 2 N–H and O–H groups in total. The lowest BCUT2D eigenvalue weighted by Crippen LogP contribution is -2.49. The third kappa shape index (κ3) is 5.12. The Labute approximate surface area is 178 Å². The zero-order chi connectivity index (χ0) is 21.7. The van der Waals surface area contributed by atoms with Gasteiger partial charge in [-0.15, -0.1) is 0 Å². The summed E-state index contributed by atoms with van der Waals surface area (Å²) in [6.07, 6.45) is 0.987. The second kappa shape index (κ2) is 9.65. The summed E-state index contributed by atoms with van der Waals surface area (Å²) in [5.41, 5.74) is 2.51. The molecule has 2 aromatic rings. The largest absolute Gasteiger partial charge is 0.494 e. The number of carbonyl (C=O) groups is 2. The van der Waals surface area contributed by atoms with Gasteiger partial charge in [-0.05, 0) is 44.0 Å². The van der Waals surface area contributed by atoms with Gasteiger partial charge < -0.3 is 20.1 Å². The lowest BCUT2D eigenvalue weighted by atomic mass is 10.0. The van der Waals surface area contributed by atoms with Gasteiger partial charge in [0.15, 0.2) is 0 Å². The summed E-state index contributed by atoms with van der Waals surface area (Å²) in [7, 11) is 0. The Kier molecular flexibility index (Phi) is 6.98. The Balaban J connectivity index is 1.70. The molecule has 30 heavy (non-hydrogen) atoms. The van der Waals surface area contributed by atoms with Crippen molar-refractivity contribution in [2.24, 2.45) is 5.92 Å². The number of hydrogen-bond acceptors (Lipinski definition) is 4. The van der Waals surface area contributed by atoms with Crippen LogP contribution < -0.4 is 20.1 Å². The molecule has 0 fully saturated rings. The first kappa shape index (κ1) is 21.7. The number of ether oxygens (including phenoxy) is 2. The monoisotopic (exact) mass is 410 g/mol. The minimum absolute atomic E-state index is 0.0618. The summed E-state index contributed by atoms with van der Waals surface area (Å²) in [4.78, 5) is 25.4. The number of nitrogens with one attached hydrogen (secondary N) is 2. The number of rotatable bonds is 8. The van der Waals surface area contributed by atoms with E-state index in [1.54, 1.807) is 24.3 Å². The van der Waals surface area contributed by atoms with Crippen LogP contribution in [0, 0.1) is 5.92 Å². The number of carbonyl (C=O) groups excluding carboxylic acids is 2. The van der Waals surface area contributed by atoms with Crippen LogP contribution in [0.4, 0.5) is 0 Å². The third-order valence-electron chi connectivity index (χ3n) is 5.10. The minimum atomic E-state index is -0.640. The Morgan fingerprint density at radius 3 is 2.60 bits per heavy atom. The average molecular weight is 411 g/mol. The highest BCUT2D eigenvalue weighted by Gasteiger charge is 2.26. The van der Waals surface area contributed by atoms with E-state index < -0.39 is 6.04 Å². The molecule has 2 aromatic carbocycles. The van der Waals surface area contributed by atoms with Crippen LogP contribution in [0.25, 0.3) is 0 Å². The molecule has 2 amide bonds. The summed E-state index contributed by atoms with van der Waals surface area (Å²) in [6.45, 7) is 8.62. The van der Waals surface area contributed by atoms with Crippen LogP contribution >= 0.6 is 0 Å². The van der Waals surface area contributed by atoms with Crippen LogP contribution in [0.1, 0.15) is 49.2 Å². The molecular weight excluding hydrogens is 380 g/mol. The molecule has 0 bridgehead atoms. The Hall–Kier alpha value is -3.02. The van der Waals surface area contributed by atoms with E-state index in [0.29, 0.717) is 18.7 Å². The number of amides is 2. The fraction of sp³-hybridized carbons (Fsp3) is 0.417. The van der Waals surface area contributed by atoms with Gasteiger partial charge in [0.05, 0.1) is 6.61 Å². The molecule has 1 aliphatic rings. The fourth-order valence-corrected chi connectivity index (χ4v) is 3.55. The molecule has 6 nitrogen and oxygen atoms in total. The molecule has 0 aliphatic carbocycles. The maximum atomic E-state index is 12.9. The van der Waals surface area contributed by atoms with Gasteiger partial charge in [0.2, 0.25) is 5.91 Å². The van der Waals surface area contributed by atoms with Crippen LogP contribution in [0.3, 0.4) is 0 Å². The lowest BCUT2D eigenvalue weighted by Gasteiger charge is -2.22. The van der Waals surface area contributed by atoms with Gasteiger partial charge in [0.25, 0.3) is 5.91 Å². The second-order valence-corrected chi connectivity index (χ2v) is 7.91. The quantitative estimate of drug-likeness (QED) is 0.699. The molecule has 2 atom stereocenters. The Morgan fingerprint density at radius 1 is 1.20 bits per heavy atom. The standard InChI is InChI=1S/C24H30N2O4/c1-5-29-20-12-18-11-16(4)30-21(18)13-19(20)14-25-24(28)22(15(2)3)26-23(27)17-9-7-6-8-10-17/h6-10,12-13,15-16,22H,5,11,14H2,1-4H3,(H,25,28)(H,26,27)/t16?,22-/m1/s1. The van der Waals surface area contributed by atoms with Gasteiger partial charge in [-0.25, -0.2) is 0 Å². The highest BCUT2D eigenvalue weighted by atomic mass is 16.5. The molecule has 0 aromatic heterocycles. The van der Waals surface area contributed by atoms with Crippen molar-refractivity contribution in [1.82, 2.24) is 10.6 Å². The molecule has 160 valence electrons. The van der Waals surface area contributed by atoms with E-state index in [1.807, 2.05) is 45.9 Å². The molecule has 3 rings (SSSR count). The molecule has 6 heteroatoms. The van der Waals surface area contributed by atoms with Crippen molar-refractivity contribution in [1.29, 1.82) is 0 Å². The predicted octanol–water partition coefficient (Wildman–Crippen LogP) is 3.48. The summed E-state index contributed by atoms with van der Waals surface area (Å²) >= 11 is 0. The van der Waals surface area contributed by atoms with E-state index in [0.717, 1.165) is 29.0 Å². The molecule has 0 spiro atoms. The van der Waals surface area contributed by atoms with Crippen LogP contribution in [0.5, 0.6) is 11.5 Å². The third-order valence-corrected chi connectivity index (χ3v) is 5.10. The first-order chi connectivity index (χ1) is 14.4. The topological polar surface area (TPSA) is 76.7 Å². The maximum absolute atomic E-state index is 12.9. The fourth-order valence-electron chi connectivity index (χ4n) is 3.55. The van der Waals surface area contributed by atoms with E-state index in [-0.39, 0.29) is 23.8 Å². The van der Waals surface area contributed by atoms with Crippen LogP contribution in [0.2, 0.25) is 0 Å². The number of benzene rings is 2. The van der Waals surface area contributed by atoms with Crippen molar-refractivity contribution in [3.05, 3.63) is 59.2 Å². The summed E-state index contributed by atoms with van der Waals surface area (Å²) in [6, 6.07) is 12.2. The van der Waals surface area contributed by atoms with Gasteiger partial charge in [-0.1, -0.05) is 32.0 Å². The van der Waals surface area contributed by atoms with E-state index in [1.165, 1.54) is 0 Å². The van der Waals surface area contributed by atoms with Crippen LogP contribution in [-0.2, 0) is 17.8 Å². The van der Waals surface area contributed by atoms with Crippen LogP contribution in [0.15, 0.2) is 42.5 Å². The van der Waals surface area contributed by atoms with Gasteiger partial charge in [0.1, 0.15) is 23.6 Å². The molecule has 1 aliphatic heterocycles. The Morgan fingerprint density at radius 2 is 1.93 bits per heavy atom. The smallest absolute Gasteiger partial charge is 0.251 e. The van der Waals surface area contributed by atoms with Crippen molar-refractivity contribution < 1.29 is 19.1 Å². The van der Waals surface area contributed by atoms with E-state index in [9.17, 15) is 9.59 Å². The van der Waals surface area contributed by atoms with Crippen molar-refractivity contribution in [2.45, 2.75) is 52.8 Å². The SMILES string of the molecule is CCOc1cc2c(cc1CNC(=O)[C@H](NC(=O)c1ccccc1)C(C)C)OC(C)C2. The predicted molar refractivity (Wildman–Crippen MR) is 116 cm³/mol. The molecule has 1 heterocycles. The Bertz CT molecular complexity index is 896. The molecule has 0 saturated heterocycles. The average Bonchev–Trinajstić information content (AvgIpc) is 3.09. The van der Waals surface area contributed by atoms with Crippen molar-refractivity contribution >= 4 is 11.8 Å². The second-order valence-electron chi connectivity index (χ2n) is 7.91. The van der Waals surface area contributed by atoms with E-state index in [2.05, 4.69) is 10.6 Å². The molecular formula is C24H30N2O4. The zero-order valence-corrected chi connectivity index (χ0v) is 18.0. The van der Waals surface area contributed by atoms with Crippen LogP contribution in [-0.4, -0.2) is 30.6 Å². The summed E-state index contributed by atoms with van der Waals surface area (Å²) < 4.78 is 11.6. The van der Waals surface area contributed by atoms with Gasteiger partial charge in [-0.2, -0.15) is 0 Å². The highest BCUT2D eigenvalue weighted by molar-refractivity contribution is 5.97. The van der Waals surface area contributed by atoms with Gasteiger partial charge >= 0.3 is 0 Å². The molecule has 0 radical (unpaired) electrons. The van der Waals surface area contributed by atoms with E-state index >= 15 is 0 Å². The lowest BCUT2D eigenvalue weighted by molar-refractivity contribution is -0.124. The maximum Gasteiger partial charge on any atom is 0.251 e. The van der Waals surface area contributed by atoms with Crippen molar-refractivity contribution in [3.8, 4) is 11.5 Å². The van der Waals surface area contributed by atoms with Crippen molar-refractivity contribution in [2.75, 3.05) is 6.61 Å². The minimum Gasteiger partial charge on any atom is -0.494 e. The number of hydrogen-bond donors (Lipinski definition) is 2. The molecule has 1 unspecified atom stereocenters. The normalized spacial score (nSPS) is 15.8. The summed E-state index contributed by atoms with van der Waals surface area (Å²) in [5, 5.41) is 5.80. The van der Waals surface area contributed by atoms with Gasteiger partial charge in [-0.3, -0.25) is 9.59 Å². The first-order valence-corrected chi connectivity index (χ1v) is 10.5. The molecule has 0 saturated carbocycles.